The molecule has 0 aliphatic heterocycles. The molecule has 0 fully saturated rings. The minimum atomic E-state index is -0.0391. The van der Waals surface area contributed by atoms with E-state index in [4.69, 9.17) is 16.3 Å². The molecule has 1 atom stereocenters. The SMILES string of the molecule is CCC(C)(CCCl)NCCC(C)(C)OC. The van der Waals surface area contributed by atoms with Crippen molar-refractivity contribution >= 4 is 11.6 Å². The van der Waals surface area contributed by atoms with Crippen LogP contribution in [0.2, 0.25) is 0 Å². The first-order chi connectivity index (χ1) is 6.89. The maximum Gasteiger partial charge on any atom is 0.0634 e. The average Bonchev–Trinajstić information content (AvgIpc) is 2.18. The van der Waals surface area contributed by atoms with Crippen LogP contribution in [0.5, 0.6) is 0 Å². The Bertz CT molecular complexity index is 173. The molecule has 0 heterocycles. The maximum absolute atomic E-state index is 5.80. The van der Waals surface area contributed by atoms with Gasteiger partial charge in [0.2, 0.25) is 0 Å². The zero-order valence-corrected chi connectivity index (χ0v) is 11.6. The van der Waals surface area contributed by atoms with E-state index in [0.717, 1.165) is 25.8 Å². The highest BCUT2D eigenvalue weighted by molar-refractivity contribution is 6.17. The van der Waals surface area contributed by atoms with Crippen LogP contribution in [-0.2, 0) is 4.74 Å². The standard InChI is InChI=1S/C12H26ClNO/c1-6-12(4,7-9-13)14-10-8-11(2,3)15-5/h14H,6-10H2,1-5H3. The molecular weight excluding hydrogens is 210 g/mol. The summed E-state index contributed by atoms with van der Waals surface area (Å²) in [5, 5.41) is 3.57. The molecule has 92 valence electrons. The summed E-state index contributed by atoms with van der Waals surface area (Å²) in [5.74, 6) is 0.713. The van der Waals surface area contributed by atoms with Crippen LogP contribution < -0.4 is 5.32 Å². The summed E-state index contributed by atoms with van der Waals surface area (Å²) in [4.78, 5) is 0. The molecule has 15 heavy (non-hydrogen) atoms. The highest BCUT2D eigenvalue weighted by Gasteiger charge is 2.22. The number of methoxy groups -OCH3 is 1. The molecule has 0 aromatic heterocycles. The van der Waals surface area contributed by atoms with E-state index in [1.54, 1.807) is 7.11 Å². The summed E-state index contributed by atoms with van der Waals surface area (Å²) >= 11 is 5.80. The number of hydrogen-bond donors (Lipinski definition) is 1. The van der Waals surface area contributed by atoms with Gasteiger partial charge in [-0.15, -0.1) is 11.6 Å². The molecule has 0 saturated carbocycles. The van der Waals surface area contributed by atoms with Crippen LogP contribution in [0.4, 0.5) is 0 Å². The number of ether oxygens (including phenoxy) is 1. The molecule has 0 bridgehead atoms. The Morgan fingerprint density at radius 3 is 2.20 bits per heavy atom. The number of hydrogen-bond acceptors (Lipinski definition) is 2. The van der Waals surface area contributed by atoms with Crippen molar-refractivity contribution in [2.24, 2.45) is 0 Å². The fraction of sp³-hybridized carbons (Fsp3) is 1.00. The third-order valence-electron chi connectivity index (χ3n) is 3.26. The maximum atomic E-state index is 5.80. The quantitative estimate of drug-likeness (QED) is 0.653. The fourth-order valence-electron chi connectivity index (χ4n) is 1.37. The average molecular weight is 236 g/mol. The van der Waals surface area contributed by atoms with Crippen molar-refractivity contribution in [3.63, 3.8) is 0 Å². The van der Waals surface area contributed by atoms with Gasteiger partial charge in [-0.2, -0.15) is 0 Å². The first kappa shape index (κ1) is 15.2. The van der Waals surface area contributed by atoms with Crippen molar-refractivity contribution in [2.45, 2.75) is 58.1 Å². The highest BCUT2D eigenvalue weighted by atomic mass is 35.5. The lowest BCUT2D eigenvalue weighted by molar-refractivity contribution is 0.0142. The molecule has 1 N–H and O–H groups in total. The Labute approximate surface area is 99.7 Å². The summed E-state index contributed by atoms with van der Waals surface area (Å²) in [6, 6.07) is 0. The first-order valence-electron chi connectivity index (χ1n) is 5.75. The van der Waals surface area contributed by atoms with E-state index in [1.807, 2.05) is 0 Å². The van der Waals surface area contributed by atoms with Crippen molar-refractivity contribution in [3.8, 4) is 0 Å². The monoisotopic (exact) mass is 235 g/mol. The molecule has 0 radical (unpaired) electrons. The van der Waals surface area contributed by atoms with E-state index >= 15 is 0 Å². The van der Waals surface area contributed by atoms with Crippen LogP contribution in [0, 0.1) is 0 Å². The van der Waals surface area contributed by atoms with E-state index in [1.165, 1.54) is 0 Å². The Morgan fingerprint density at radius 1 is 1.20 bits per heavy atom. The number of rotatable bonds is 8. The van der Waals surface area contributed by atoms with Crippen LogP contribution >= 0.6 is 11.6 Å². The molecule has 0 saturated heterocycles. The van der Waals surface area contributed by atoms with Crippen LogP contribution in [0.3, 0.4) is 0 Å². The largest absolute Gasteiger partial charge is 0.379 e. The number of halogens is 1. The van der Waals surface area contributed by atoms with E-state index in [-0.39, 0.29) is 11.1 Å². The second-order valence-electron chi connectivity index (χ2n) is 4.99. The van der Waals surface area contributed by atoms with Gasteiger partial charge < -0.3 is 10.1 Å². The second kappa shape index (κ2) is 6.72. The predicted octanol–water partition coefficient (Wildman–Crippen LogP) is 3.19. The number of alkyl halides is 1. The van der Waals surface area contributed by atoms with Crippen molar-refractivity contribution in [3.05, 3.63) is 0 Å². The molecule has 2 nitrogen and oxygen atoms in total. The van der Waals surface area contributed by atoms with Crippen LogP contribution in [0.15, 0.2) is 0 Å². The van der Waals surface area contributed by atoms with Gasteiger partial charge in [-0.3, -0.25) is 0 Å². The van der Waals surface area contributed by atoms with Gasteiger partial charge in [0.25, 0.3) is 0 Å². The van der Waals surface area contributed by atoms with Gasteiger partial charge in [0.15, 0.2) is 0 Å². The first-order valence-corrected chi connectivity index (χ1v) is 6.29. The smallest absolute Gasteiger partial charge is 0.0634 e. The van der Waals surface area contributed by atoms with Gasteiger partial charge in [0, 0.05) is 18.5 Å². The van der Waals surface area contributed by atoms with Gasteiger partial charge in [-0.05, 0) is 46.6 Å². The third kappa shape index (κ3) is 6.39. The zero-order valence-electron chi connectivity index (χ0n) is 10.8. The van der Waals surface area contributed by atoms with Crippen molar-refractivity contribution in [2.75, 3.05) is 19.5 Å². The Kier molecular flexibility index (Phi) is 6.81. The topological polar surface area (TPSA) is 21.3 Å². The molecular formula is C12H26ClNO. The third-order valence-corrected chi connectivity index (χ3v) is 3.45. The van der Waals surface area contributed by atoms with E-state index in [2.05, 4.69) is 33.0 Å². The fourth-order valence-corrected chi connectivity index (χ4v) is 1.78. The molecule has 1 unspecified atom stereocenters. The molecule has 0 rings (SSSR count). The lowest BCUT2D eigenvalue weighted by Gasteiger charge is -2.31. The highest BCUT2D eigenvalue weighted by Crippen LogP contribution is 2.17. The molecule has 0 amide bonds. The lowest BCUT2D eigenvalue weighted by atomic mass is 9.94. The molecule has 0 aliphatic rings. The molecule has 0 aliphatic carbocycles. The summed E-state index contributed by atoms with van der Waals surface area (Å²) in [7, 11) is 1.76. The zero-order chi connectivity index (χ0) is 11.9. The predicted molar refractivity (Wildman–Crippen MR) is 67.7 cm³/mol. The molecule has 3 heteroatoms. The van der Waals surface area contributed by atoms with Crippen molar-refractivity contribution in [1.29, 1.82) is 0 Å². The van der Waals surface area contributed by atoms with E-state index < -0.39 is 0 Å². The van der Waals surface area contributed by atoms with Gasteiger partial charge in [-0.25, -0.2) is 0 Å². The molecule has 0 spiro atoms. The van der Waals surface area contributed by atoms with Crippen molar-refractivity contribution < 1.29 is 4.74 Å². The lowest BCUT2D eigenvalue weighted by Crippen LogP contribution is -2.44. The summed E-state index contributed by atoms with van der Waals surface area (Å²) < 4.78 is 5.38. The van der Waals surface area contributed by atoms with Crippen molar-refractivity contribution in [1.82, 2.24) is 5.32 Å². The van der Waals surface area contributed by atoms with Crippen LogP contribution in [0.25, 0.3) is 0 Å². The summed E-state index contributed by atoms with van der Waals surface area (Å²) in [6.07, 6.45) is 3.13. The van der Waals surface area contributed by atoms with E-state index in [9.17, 15) is 0 Å². The minimum absolute atomic E-state index is 0.0391. The van der Waals surface area contributed by atoms with Crippen LogP contribution in [-0.4, -0.2) is 30.7 Å². The number of nitrogens with one attached hydrogen (secondary N) is 1. The minimum Gasteiger partial charge on any atom is -0.379 e. The Morgan fingerprint density at radius 2 is 1.80 bits per heavy atom. The summed E-state index contributed by atoms with van der Waals surface area (Å²) in [6.45, 7) is 9.62. The molecule has 0 aromatic rings. The van der Waals surface area contributed by atoms with Gasteiger partial charge >= 0.3 is 0 Å². The second-order valence-corrected chi connectivity index (χ2v) is 5.37. The van der Waals surface area contributed by atoms with Crippen LogP contribution in [0.1, 0.15) is 47.0 Å². The normalized spacial score (nSPS) is 16.4. The van der Waals surface area contributed by atoms with Gasteiger partial charge in [0.1, 0.15) is 0 Å². The summed E-state index contributed by atoms with van der Waals surface area (Å²) in [5.41, 5.74) is 0.133. The van der Waals surface area contributed by atoms with E-state index in [0.29, 0.717) is 5.88 Å². The Balaban J connectivity index is 3.91. The Hall–Kier alpha value is 0.210. The van der Waals surface area contributed by atoms with Gasteiger partial charge in [-0.1, -0.05) is 6.92 Å². The van der Waals surface area contributed by atoms with Gasteiger partial charge in [0.05, 0.1) is 5.60 Å². The molecule has 0 aromatic carbocycles.